The van der Waals surface area contributed by atoms with E-state index in [0.29, 0.717) is 19.2 Å². The predicted octanol–water partition coefficient (Wildman–Crippen LogP) is 3.99. The molecule has 1 aliphatic heterocycles. The summed E-state index contributed by atoms with van der Waals surface area (Å²) in [5.74, 6) is 0.927. The summed E-state index contributed by atoms with van der Waals surface area (Å²) in [6.45, 7) is 2.05. The molecule has 4 nitrogen and oxygen atoms in total. The van der Waals surface area contributed by atoms with Crippen molar-refractivity contribution in [2.24, 2.45) is 0 Å². The molecule has 1 fully saturated rings. The van der Waals surface area contributed by atoms with Gasteiger partial charge in [0.2, 0.25) is 0 Å². The minimum atomic E-state index is 0.0354. The van der Waals surface area contributed by atoms with E-state index in [1.165, 1.54) is 37.7 Å². The number of carbonyl (C=O) groups excluding carboxylic acids is 1. The molecule has 5 heteroatoms. The summed E-state index contributed by atoms with van der Waals surface area (Å²) in [5, 5.41) is 8.47. The van der Waals surface area contributed by atoms with Crippen LogP contribution in [0.5, 0.6) is 5.75 Å². The summed E-state index contributed by atoms with van der Waals surface area (Å²) in [7, 11) is 0. The van der Waals surface area contributed by atoms with E-state index >= 15 is 0 Å². The highest BCUT2D eigenvalue weighted by atomic mass is 32.1. The Kier molecular flexibility index (Phi) is 5.04. The third-order valence-electron chi connectivity index (χ3n) is 5.12. The second-order valence-electron chi connectivity index (χ2n) is 6.89. The van der Waals surface area contributed by atoms with Gasteiger partial charge in [0.05, 0.1) is 5.56 Å². The Labute approximate surface area is 152 Å². The van der Waals surface area contributed by atoms with Crippen LogP contribution in [0, 0.1) is 0 Å². The highest BCUT2D eigenvalue weighted by Crippen LogP contribution is 2.28. The van der Waals surface area contributed by atoms with Crippen molar-refractivity contribution >= 4 is 17.2 Å². The first-order chi connectivity index (χ1) is 12.3. The molecule has 2 aliphatic rings. The Morgan fingerprint density at radius 1 is 1.24 bits per heavy atom. The van der Waals surface area contributed by atoms with Crippen molar-refractivity contribution in [1.29, 1.82) is 0 Å². The minimum absolute atomic E-state index is 0.0354. The van der Waals surface area contributed by atoms with Gasteiger partial charge in [0.15, 0.2) is 0 Å². The van der Waals surface area contributed by atoms with Crippen LogP contribution in [0.2, 0.25) is 0 Å². The zero-order valence-corrected chi connectivity index (χ0v) is 15.2. The fourth-order valence-corrected chi connectivity index (χ4v) is 4.62. The number of benzene rings is 1. The fourth-order valence-electron chi connectivity index (χ4n) is 3.65. The fraction of sp³-hybridized carbons (Fsp3) is 0.450. The van der Waals surface area contributed by atoms with Gasteiger partial charge in [0.25, 0.3) is 5.91 Å². The van der Waals surface area contributed by atoms with Gasteiger partial charge in [0, 0.05) is 35.0 Å². The molecule has 1 aromatic carbocycles. The van der Waals surface area contributed by atoms with Crippen LogP contribution < -0.4 is 15.4 Å². The van der Waals surface area contributed by atoms with Crippen LogP contribution in [0.25, 0.3) is 0 Å². The second-order valence-corrected chi connectivity index (χ2v) is 7.85. The van der Waals surface area contributed by atoms with Gasteiger partial charge in [-0.25, -0.2) is 0 Å². The highest BCUT2D eigenvalue weighted by Gasteiger charge is 2.23. The second kappa shape index (κ2) is 7.58. The molecule has 1 saturated carbocycles. The van der Waals surface area contributed by atoms with Gasteiger partial charge < -0.3 is 15.4 Å². The monoisotopic (exact) mass is 356 g/mol. The van der Waals surface area contributed by atoms with Gasteiger partial charge in [-0.05, 0) is 30.5 Å². The van der Waals surface area contributed by atoms with E-state index in [1.807, 2.05) is 11.4 Å². The van der Waals surface area contributed by atoms with Crippen LogP contribution >= 0.6 is 11.3 Å². The molecule has 0 spiro atoms. The maximum absolute atomic E-state index is 11.6. The van der Waals surface area contributed by atoms with Crippen molar-refractivity contribution in [1.82, 2.24) is 10.6 Å². The first kappa shape index (κ1) is 16.6. The van der Waals surface area contributed by atoms with Gasteiger partial charge in [-0.3, -0.25) is 4.79 Å². The van der Waals surface area contributed by atoms with Crippen molar-refractivity contribution in [3.05, 3.63) is 51.2 Å². The number of hydrogen-bond donors (Lipinski definition) is 2. The normalized spacial score (nSPS) is 17.4. The molecule has 1 amide bonds. The maximum atomic E-state index is 11.6. The van der Waals surface area contributed by atoms with E-state index in [0.717, 1.165) is 28.3 Å². The lowest BCUT2D eigenvalue weighted by molar-refractivity contribution is 0.0966. The van der Waals surface area contributed by atoms with Gasteiger partial charge >= 0.3 is 0 Å². The number of carbonyl (C=O) groups is 1. The predicted molar refractivity (Wildman–Crippen MR) is 100.0 cm³/mol. The lowest BCUT2D eigenvalue weighted by atomic mass is 9.95. The van der Waals surface area contributed by atoms with Gasteiger partial charge in [-0.1, -0.05) is 31.4 Å². The number of amides is 1. The topological polar surface area (TPSA) is 50.4 Å². The largest absolute Gasteiger partial charge is 0.488 e. The maximum Gasteiger partial charge on any atom is 0.252 e. The zero-order chi connectivity index (χ0) is 17.1. The Bertz CT molecular complexity index is 750. The average Bonchev–Trinajstić information content (AvgIpc) is 3.23. The van der Waals surface area contributed by atoms with Crippen LogP contribution in [-0.4, -0.2) is 11.9 Å². The number of nitrogens with one attached hydrogen (secondary N) is 2. The Morgan fingerprint density at radius 3 is 3.00 bits per heavy atom. The quantitative estimate of drug-likeness (QED) is 0.823. The molecule has 2 N–H and O–H groups in total. The average molecular weight is 356 g/mol. The van der Waals surface area contributed by atoms with Gasteiger partial charge in [-0.15, -0.1) is 11.3 Å². The molecule has 0 atom stereocenters. The SMILES string of the molecule is O=C1NCc2c1csc2COc1cccc(CNC2CCCCC2)c1. The molecule has 2 heterocycles. The Balaban J connectivity index is 1.33. The number of ether oxygens (including phenoxy) is 1. The van der Waals surface area contributed by atoms with Crippen LogP contribution in [0.1, 0.15) is 58.5 Å². The van der Waals surface area contributed by atoms with E-state index in [-0.39, 0.29) is 5.91 Å². The summed E-state index contributed by atoms with van der Waals surface area (Å²) >= 11 is 1.61. The summed E-state index contributed by atoms with van der Waals surface area (Å²) in [5.41, 5.74) is 3.18. The van der Waals surface area contributed by atoms with Crippen molar-refractivity contribution in [3.8, 4) is 5.75 Å². The molecule has 0 unspecified atom stereocenters. The molecule has 2 aromatic rings. The Morgan fingerprint density at radius 2 is 2.12 bits per heavy atom. The highest BCUT2D eigenvalue weighted by molar-refractivity contribution is 7.10. The van der Waals surface area contributed by atoms with Crippen LogP contribution in [0.15, 0.2) is 29.6 Å². The number of fused-ring (bicyclic) bond motifs is 1. The molecule has 0 saturated heterocycles. The van der Waals surface area contributed by atoms with Gasteiger partial charge in [0.1, 0.15) is 12.4 Å². The Hall–Kier alpha value is -1.85. The van der Waals surface area contributed by atoms with E-state index < -0.39 is 0 Å². The number of thiophene rings is 1. The summed E-state index contributed by atoms with van der Waals surface area (Å²) in [6, 6.07) is 8.98. The summed E-state index contributed by atoms with van der Waals surface area (Å²) < 4.78 is 5.99. The molecule has 4 rings (SSSR count). The standard InChI is InChI=1S/C20H24N2O2S/c23-20-18-13-25-19(17(18)11-22-20)12-24-16-8-4-5-14(9-16)10-21-15-6-2-1-3-7-15/h4-5,8-9,13,15,21H,1-3,6-7,10-12H2,(H,22,23). The summed E-state index contributed by atoms with van der Waals surface area (Å²) in [6.07, 6.45) is 6.68. The molecular formula is C20H24N2O2S. The molecular weight excluding hydrogens is 332 g/mol. The first-order valence-corrected chi connectivity index (χ1v) is 10.00. The van der Waals surface area contributed by atoms with Crippen molar-refractivity contribution < 1.29 is 9.53 Å². The number of hydrogen-bond acceptors (Lipinski definition) is 4. The molecule has 25 heavy (non-hydrogen) atoms. The van der Waals surface area contributed by atoms with E-state index in [4.69, 9.17) is 4.74 Å². The summed E-state index contributed by atoms with van der Waals surface area (Å²) in [4.78, 5) is 12.8. The molecule has 132 valence electrons. The lowest BCUT2D eigenvalue weighted by Crippen LogP contribution is -2.30. The van der Waals surface area contributed by atoms with E-state index in [2.05, 4.69) is 28.8 Å². The number of rotatable bonds is 6. The smallest absolute Gasteiger partial charge is 0.252 e. The van der Waals surface area contributed by atoms with Crippen LogP contribution in [0.4, 0.5) is 0 Å². The lowest BCUT2D eigenvalue weighted by Gasteiger charge is -2.23. The van der Waals surface area contributed by atoms with Crippen molar-refractivity contribution in [2.45, 2.75) is 57.8 Å². The molecule has 0 bridgehead atoms. The first-order valence-electron chi connectivity index (χ1n) is 9.12. The minimum Gasteiger partial charge on any atom is -0.488 e. The van der Waals surface area contributed by atoms with Crippen LogP contribution in [-0.2, 0) is 19.7 Å². The molecule has 1 aromatic heterocycles. The third-order valence-corrected chi connectivity index (χ3v) is 6.12. The van der Waals surface area contributed by atoms with Crippen molar-refractivity contribution in [3.63, 3.8) is 0 Å². The van der Waals surface area contributed by atoms with Gasteiger partial charge in [-0.2, -0.15) is 0 Å². The third kappa shape index (κ3) is 3.88. The molecule has 1 aliphatic carbocycles. The van der Waals surface area contributed by atoms with E-state index in [9.17, 15) is 4.79 Å². The van der Waals surface area contributed by atoms with E-state index in [1.54, 1.807) is 11.3 Å². The van der Waals surface area contributed by atoms with Crippen molar-refractivity contribution in [2.75, 3.05) is 0 Å². The zero-order valence-electron chi connectivity index (χ0n) is 14.3. The molecule has 0 radical (unpaired) electrons. The van der Waals surface area contributed by atoms with Crippen LogP contribution in [0.3, 0.4) is 0 Å².